The van der Waals surface area contributed by atoms with Crippen LogP contribution in [0.2, 0.25) is 0 Å². The number of benzene rings is 2. The van der Waals surface area contributed by atoms with E-state index in [1.807, 2.05) is 30.3 Å². The highest BCUT2D eigenvalue weighted by Crippen LogP contribution is 2.32. The van der Waals surface area contributed by atoms with Gasteiger partial charge >= 0.3 is 0 Å². The third kappa shape index (κ3) is 4.12. The average Bonchev–Trinajstić information content (AvgIpc) is 2.53. The van der Waals surface area contributed by atoms with Crippen molar-refractivity contribution in [2.45, 2.75) is 6.54 Å². The molecule has 0 bridgehead atoms. The molecule has 0 saturated carbocycles. The van der Waals surface area contributed by atoms with Crippen LogP contribution in [0.1, 0.15) is 16.7 Å². The van der Waals surface area contributed by atoms with Gasteiger partial charge in [-0.1, -0.05) is 42.5 Å². The van der Waals surface area contributed by atoms with Gasteiger partial charge in [0.15, 0.2) is 11.5 Å². The zero-order valence-corrected chi connectivity index (χ0v) is 13.7. The van der Waals surface area contributed by atoms with E-state index >= 15 is 0 Å². The molecule has 0 aliphatic rings. The number of methoxy groups -OCH3 is 2. The standard InChI is InChI=1S/C19H23NO2/c1-20(2)14-17-13-19(22-4)18(21-3)12-16(17)11-10-15-8-6-5-7-9-15/h5-13H,14H2,1-4H3/b11-10+. The van der Waals surface area contributed by atoms with E-state index in [2.05, 4.69) is 43.3 Å². The first-order valence-electron chi connectivity index (χ1n) is 7.27. The Balaban J connectivity index is 2.40. The molecule has 0 heterocycles. The van der Waals surface area contributed by atoms with E-state index in [0.29, 0.717) is 0 Å². The molecule has 0 amide bonds. The summed E-state index contributed by atoms with van der Waals surface area (Å²) >= 11 is 0. The van der Waals surface area contributed by atoms with Gasteiger partial charge in [0.1, 0.15) is 0 Å². The predicted molar refractivity (Wildman–Crippen MR) is 92.3 cm³/mol. The number of hydrogen-bond acceptors (Lipinski definition) is 3. The molecule has 3 heteroatoms. The Morgan fingerprint density at radius 1 is 0.909 bits per heavy atom. The molecule has 0 spiro atoms. The highest BCUT2D eigenvalue weighted by molar-refractivity contribution is 5.72. The lowest BCUT2D eigenvalue weighted by Gasteiger charge is -2.16. The van der Waals surface area contributed by atoms with Gasteiger partial charge in [0, 0.05) is 6.54 Å². The minimum Gasteiger partial charge on any atom is -0.493 e. The summed E-state index contributed by atoms with van der Waals surface area (Å²) in [6.45, 7) is 0.842. The zero-order valence-electron chi connectivity index (χ0n) is 13.7. The normalized spacial score (nSPS) is 11.1. The predicted octanol–water partition coefficient (Wildman–Crippen LogP) is 3.94. The molecule has 22 heavy (non-hydrogen) atoms. The van der Waals surface area contributed by atoms with E-state index in [0.717, 1.165) is 23.6 Å². The lowest BCUT2D eigenvalue weighted by Crippen LogP contribution is -2.12. The average molecular weight is 297 g/mol. The van der Waals surface area contributed by atoms with E-state index in [4.69, 9.17) is 9.47 Å². The third-order valence-corrected chi connectivity index (χ3v) is 3.39. The summed E-state index contributed by atoms with van der Waals surface area (Å²) in [5.74, 6) is 1.51. The Morgan fingerprint density at radius 2 is 1.55 bits per heavy atom. The molecule has 2 rings (SSSR count). The van der Waals surface area contributed by atoms with Crippen LogP contribution in [0.25, 0.3) is 12.2 Å². The molecule has 116 valence electrons. The van der Waals surface area contributed by atoms with Crippen molar-refractivity contribution < 1.29 is 9.47 Å². The summed E-state index contributed by atoms with van der Waals surface area (Å²) in [5.41, 5.74) is 3.51. The van der Waals surface area contributed by atoms with Crippen molar-refractivity contribution >= 4 is 12.2 Å². The fraction of sp³-hybridized carbons (Fsp3) is 0.263. The van der Waals surface area contributed by atoms with Gasteiger partial charge in [-0.25, -0.2) is 0 Å². The summed E-state index contributed by atoms with van der Waals surface area (Å²) < 4.78 is 10.8. The van der Waals surface area contributed by atoms with Gasteiger partial charge in [-0.15, -0.1) is 0 Å². The Morgan fingerprint density at radius 3 is 2.14 bits per heavy atom. The van der Waals surface area contributed by atoms with Crippen LogP contribution in [0.15, 0.2) is 42.5 Å². The molecule has 0 N–H and O–H groups in total. The van der Waals surface area contributed by atoms with Gasteiger partial charge in [-0.2, -0.15) is 0 Å². The van der Waals surface area contributed by atoms with Crippen molar-refractivity contribution in [1.82, 2.24) is 4.90 Å². The van der Waals surface area contributed by atoms with Crippen LogP contribution in [0.4, 0.5) is 0 Å². The Bertz CT molecular complexity index is 633. The monoisotopic (exact) mass is 297 g/mol. The van der Waals surface area contributed by atoms with Crippen LogP contribution in [0.3, 0.4) is 0 Å². The number of hydrogen-bond donors (Lipinski definition) is 0. The summed E-state index contributed by atoms with van der Waals surface area (Å²) in [6.07, 6.45) is 4.23. The van der Waals surface area contributed by atoms with Crippen LogP contribution >= 0.6 is 0 Å². The molecule has 0 aromatic heterocycles. The molecule has 0 atom stereocenters. The molecular formula is C19H23NO2. The van der Waals surface area contributed by atoms with E-state index in [-0.39, 0.29) is 0 Å². The Hall–Kier alpha value is -2.26. The van der Waals surface area contributed by atoms with Crippen LogP contribution in [0, 0.1) is 0 Å². The van der Waals surface area contributed by atoms with Gasteiger partial charge in [-0.3, -0.25) is 0 Å². The Labute approximate surface area is 132 Å². The van der Waals surface area contributed by atoms with E-state index in [9.17, 15) is 0 Å². The van der Waals surface area contributed by atoms with Crippen LogP contribution < -0.4 is 9.47 Å². The maximum absolute atomic E-state index is 5.42. The van der Waals surface area contributed by atoms with Crippen molar-refractivity contribution in [2.24, 2.45) is 0 Å². The maximum atomic E-state index is 5.42. The SMILES string of the molecule is COc1cc(/C=C/c2ccccc2)c(CN(C)C)cc1OC. The van der Waals surface area contributed by atoms with Crippen molar-refractivity contribution in [2.75, 3.05) is 28.3 Å². The minimum absolute atomic E-state index is 0.748. The van der Waals surface area contributed by atoms with Crippen LogP contribution in [0.5, 0.6) is 11.5 Å². The second kappa shape index (κ2) is 7.66. The second-order valence-corrected chi connectivity index (χ2v) is 5.39. The smallest absolute Gasteiger partial charge is 0.161 e. The Kier molecular flexibility index (Phi) is 5.61. The summed E-state index contributed by atoms with van der Waals surface area (Å²) in [6, 6.07) is 14.3. The summed E-state index contributed by atoms with van der Waals surface area (Å²) in [5, 5.41) is 0. The van der Waals surface area contributed by atoms with Crippen LogP contribution in [-0.2, 0) is 6.54 Å². The van der Waals surface area contributed by atoms with Crippen molar-refractivity contribution in [1.29, 1.82) is 0 Å². The van der Waals surface area contributed by atoms with E-state index in [1.54, 1.807) is 14.2 Å². The third-order valence-electron chi connectivity index (χ3n) is 3.39. The van der Waals surface area contributed by atoms with Gasteiger partial charge in [0.2, 0.25) is 0 Å². The van der Waals surface area contributed by atoms with Crippen molar-refractivity contribution in [3.05, 3.63) is 59.2 Å². The molecule has 0 unspecified atom stereocenters. The maximum Gasteiger partial charge on any atom is 0.161 e. The number of rotatable bonds is 6. The van der Waals surface area contributed by atoms with E-state index in [1.165, 1.54) is 11.1 Å². The molecule has 2 aromatic carbocycles. The molecule has 0 radical (unpaired) electrons. The zero-order chi connectivity index (χ0) is 15.9. The molecule has 0 fully saturated rings. The van der Waals surface area contributed by atoms with Gasteiger partial charge in [0.05, 0.1) is 14.2 Å². The highest BCUT2D eigenvalue weighted by atomic mass is 16.5. The minimum atomic E-state index is 0.748. The molecule has 0 aliphatic carbocycles. The van der Waals surface area contributed by atoms with Crippen molar-refractivity contribution in [3.8, 4) is 11.5 Å². The molecule has 2 aromatic rings. The van der Waals surface area contributed by atoms with Crippen molar-refractivity contribution in [3.63, 3.8) is 0 Å². The largest absolute Gasteiger partial charge is 0.493 e. The molecule has 0 saturated heterocycles. The number of nitrogens with zero attached hydrogens (tertiary/aromatic N) is 1. The fourth-order valence-electron chi connectivity index (χ4n) is 2.32. The highest BCUT2D eigenvalue weighted by Gasteiger charge is 2.10. The van der Waals surface area contributed by atoms with Gasteiger partial charge < -0.3 is 14.4 Å². The molecule has 0 aliphatic heterocycles. The molecular weight excluding hydrogens is 274 g/mol. The first-order valence-corrected chi connectivity index (χ1v) is 7.27. The lowest BCUT2D eigenvalue weighted by molar-refractivity contribution is 0.352. The molecule has 3 nitrogen and oxygen atoms in total. The topological polar surface area (TPSA) is 21.7 Å². The quantitative estimate of drug-likeness (QED) is 0.754. The first kappa shape index (κ1) is 16.1. The first-order chi connectivity index (χ1) is 10.6. The van der Waals surface area contributed by atoms with E-state index < -0.39 is 0 Å². The second-order valence-electron chi connectivity index (χ2n) is 5.39. The fourth-order valence-corrected chi connectivity index (χ4v) is 2.32. The summed E-state index contributed by atoms with van der Waals surface area (Å²) in [7, 11) is 7.44. The van der Waals surface area contributed by atoms with Gasteiger partial charge in [-0.05, 0) is 42.9 Å². The van der Waals surface area contributed by atoms with Crippen LogP contribution in [-0.4, -0.2) is 33.2 Å². The van der Waals surface area contributed by atoms with Gasteiger partial charge in [0.25, 0.3) is 0 Å². The number of ether oxygens (including phenoxy) is 2. The lowest BCUT2D eigenvalue weighted by atomic mass is 10.0. The summed E-state index contributed by atoms with van der Waals surface area (Å²) in [4.78, 5) is 2.14.